The number of fused-ring (bicyclic) bond motifs is 1. The number of primary sulfonamides is 1. The Balaban J connectivity index is 1.62. The van der Waals surface area contributed by atoms with Crippen LogP contribution in [0.15, 0.2) is 53.7 Å². The molecule has 0 saturated heterocycles. The van der Waals surface area contributed by atoms with Crippen LogP contribution in [0.1, 0.15) is 5.56 Å². The standard InChI is InChI=1S/C18H15ClN6O2S2/c1-10-6-11(19)8-13(7-10)23-16-15-17(22-9-21-16)25-18(28-15)24-12-2-4-14(5-3-12)29(20,26)27/h2-9H,1H3,(H2,20,26,27)(H2,21,22,23,24,25). The third kappa shape index (κ3) is 4.46. The van der Waals surface area contributed by atoms with Crippen molar-refractivity contribution in [3.05, 3.63) is 59.4 Å². The molecule has 0 aliphatic rings. The molecule has 0 saturated carbocycles. The van der Waals surface area contributed by atoms with E-state index in [1.54, 1.807) is 12.1 Å². The molecule has 0 spiro atoms. The Morgan fingerprint density at radius 1 is 1.03 bits per heavy atom. The second kappa shape index (κ2) is 7.56. The first-order valence-corrected chi connectivity index (χ1v) is 11.1. The van der Waals surface area contributed by atoms with Gasteiger partial charge in [-0.25, -0.2) is 23.5 Å². The molecule has 4 rings (SSSR count). The zero-order valence-electron chi connectivity index (χ0n) is 15.0. The molecular formula is C18H15ClN6O2S2. The fraction of sp³-hybridized carbons (Fsp3) is 0.0556. The van der Waals surface area contributed by atoms with Crippen LogP contribution in [0.2, 0.25) is 5.02 Å². The van der Waals surface area contributed by atoms with Crippen molar-refractivity contribution in [1.29, 1.82) is 0 Å². The molecule has 11 heteroatoms. The molecule has 4 N–H and O–H groups in total. The maximum atomic E-state index is 11.4. The molecule has 0 aliphatic heterocycles. The highest BCUT2D eigenvalue weighted by Gasteiger charge is 2.12. The van der Waals surface area contributed by atoms with E-state index in [0.29, 0.717) is 27.3 Å². The Kier molecular flexibility index (Phi) is 5.09. The quantitative estimate of drug-likeness (QED) is 0.420. The highest BCUT2D eigenvalue weighted by Crippen LogP contribution is 2.33. The van der Waals surface area contributed by atoms with Gasteiger partial charge in [0.15, 0.2) is 16.6 Å². The number of hydrogen-bond donors (Lipinski definition) is 3. The lowest BCUT2D eigenvalue weighted by Crippen LogP contribution is -2.11. The second-order valence-corrected chi connectivity index (χ2v) is 9.23. The molecule has 29 heavy (non-hydrogen) atoms. The van der Waals surface area contributed by atoms with Gasteiger partial charge in [0.05, 0.1) is 4.90 Å². The lowest BCUT2D eigenvalue weighted by Gasteiger charge is -2.07. The Morgan fingerprint density at radius 3 is 2.48 bits per heavy atom. The Bertz CT molecular complexity index is 1290. The van der Waals surface area contributed by atoms with Crippen LogP contribution in [0.3, 0.4) is 0 Å². The molecule has 4 aromatic rings. The van der Waals surface area contributed by atoms with Crippen LogP contribution >= 0.6 is 22.9 Å². The van der Waals surface area contributed by atoms with Crippen LogP contribution in [0.25, 0.3) is 10.3 Å². The predicted molar refractivity (Wildman–Crippen MR) is 116 cm³/mol. The van der Waals surface area contributed by atoms with E-state index < -0.39 is 10.0 Å². The maximum Gasteiger partial charge on any atom is 0.238 e. The van der Waals surface area contributed by atoms with Crippen LogP contribution < -0.4 is 15.8 Å². The number of nitrogens with zero attached hydrogens (tertiary/aromatic N) is 3. The van der Waals surface area contributed by atoms with E-state index in [0.717, 1.165) is 16.0 Å². The summed E-state index contributed by atoms with van der Waals surface area (Å²) in [5.74, 6) is 0.617. The molecule has 0 bridgehead atoms. The van der Waals surface area contributed by atoms with Crippen LogP contribution in [-0.2, 0) is 10.0 Å². The van der Waals surface area contributed by atoms with Gasteiger partial charge in [-0.15, -0.1) is 0 Å². The third-order valence-electron chi connectivity index (χ3n) is 3.93. The van der Waals surface area contributed by atoms with Crippen LogP contribution in [-0.4, -0.2) is 23.4 Å². The summed E-state index contributed by atoms with van der Waals surface area (Å²) < 4.78 is 23.5. The van der Waals surface area contributed by atoms with Gasteiger partial charge < -0.3 is 10.6 Å². The van der Waals surface area contributed by atoms with Crippen molar-refractivity contribution in [2.45, 2.75) is 11.8 Å². The number of halogens is 1. The summed E-state index contributed by atoms with van der Waals surface area (Å²) in [6, 6.07) is 11.7. The van der Waals surface area contributed by atoms with E-state index in [9.17, 15) is 8.42 Å². The molecular weight excluding hydrogens is 432 g/mol. The van der Waals surface area contributed by atoms with E-state index in [4.69, 9.17) is 16.7 Å². The summed E-state index contributed by atoms with van der Waals surface area (Å²) in [5, 5.41) is 12.7. The Morgan fingerprint density at radius 2 is 1.79 bits per heavy atom. The Labute approximate surface area is 175 Å². The molecule has 2 heterocycles. The highest BCUT2D eigenvalue weighted by atomic mass is 35.5. The molecule has 0 atom stereocenters. The first-order valence-electron chi connectivity index (χ1n) is 8.33. The molecule has 0 unspecified atom stereocenters. The van der Waals surface area contributed by atoms with Gasteiger partial charge in [0.25, 0.3) is 0 Å². The Hall–Kier alpha value is -2.79. The van der Waals surface area contributed by atoms with Crippen molar-refractivity contribution in [2.75, 3.05) is 10.6 Å². The number of benzene rings is 2. The predicted octanol–water partition coefficient (Wildman–Crippen LogP) is 4.18. The average molecular weight is 447 g/mol. The van der Waals surface area contributed by atoms with E-state index in [2.05, 4.69) is 25.6 Å². The number of rotatable bonds is 5. The van der Waals surface area contributed by atoms with Crippen LogP contribution in [0.4, 0.5) is 22.3 Å². The SMILES string of the molecule is Cc1cc(Cl)cc(Nc2ncnc3nc(Nc4ccc(S(N)(=O)=O)cc4)sc23)c1. The molecule has 0 aliphatic carbocycles. The van der Waals surface area contributed by atoms with Gasteiger partial charge in [0, 0.05) is 16.4 Å². The minimum Gasteiger partial charge on any atom is -0.339 e. The summed E-state index contributed by atoms with van der Waals surface area (Å²) in [5.41, 5.74) is 3.05. The lowest BCUT2D eigenvalue weighted by molar-refractivity contribution is 0.598. The highest BCUT2D eigenvalue weighted by molar-refractivity contribution is 7.89. The zero-order valence-corrected chi connectivity index (χ0v) is 17.4. The van der Waals surface area contributed by atoms with Crippen LogP contribution in [0, 0.1) is 6.92 Å². The van der Waals surface area contributed by atoms with E-state index in [1.165, 1.54) is 29.8 Å². The molecule has 8 nitrogen and oxygen atoms in total. The van der Waals surface area contributed by atoms with Gasteiger partial charge in [0.1, 0.15) is 11.0 Å². The number of thiazole rings is 1. The number of aryl methyl sites for hydroxylation is 1. The number of anilines is 4. The van der Waals surface area contributed by atoms with Crippen molar-refractivity contribution < 1.29 is 8.42 Å². The second-order valence-electron chi connectivity index (χ2n) is 6.23. The zero-order chi connectivity index (χ0) is 20.6. The van der Waals surface area contributed by atoms with E-state index in [-0.39, 0.29) is 4.90 Å². The largest absolute Gasteiger partial charge is 0.339 e. The number of aromatic nitrogens is 3. The van der Waals surface area contributed by atoms with Crippen molar-refractivity contribution >= 4 is 65.6 Å². The van der Waals surface area contributed by atoms with Gasteiger partial charge in [0.2, 0.25) is 10.0 Å². The molecule has 0 amide bonds. The number of nitrogens with one attached hydrogen (secondary N) is 2. The first kappa shape index (κ1) is 19.5. The monoisotopic (exact) mass is 446 g/mol. The first-order chi connectivity index (χ1) is 13.8. The lowest BCUT2D eigenvalue weighted by atomic mass is 10.2. The molecule has 0 radical (unpaired) electrons. The minimum atomic E-state index is -3.73. The smallest absolute Gasteiger partial charge is 0.238 e. The molecule has 0 fully saturated rings. The average Bonchev–Trinajstić information content (AvgIpc) is 3.04. The van der Waals surface area contributed by atoms with Crippen molar-refractivity contribution in [1.82, 2.24) is 15.0 Å². The maximum absolute atomic E-state index is 11.4. The van der Waals surface area contributed by atoms with Crippen molar-refractivity contribution in [3.63, 3.8) is 0 Å². The van der Waals surface area contributed by atoms with Gasteiger partial charge in [-0.1, -0.05) is 22.9 Å². The third-order valence-corrected chi connectivity index (χ3v) is 6.04. The fourth-order valence-corrected chi connectivity index (χ4v) is 4.38. The molecule has 2 aromatic heterocycles. The fourth-order valence-electron chi connectivity index (χ4n) is 2.69. The summed E-state index contributed by atoms with van der Waals surface area (Å²) in [4.78, 5) is 13.0. The number of hydrogen-bond acceptors (Lipinski definition) is 8. The summed E-state index contributed by atoms with van der Waals surface area (Å²) in [6.45, 7) is 1.96. The van der Waals surface area contributed by atoms with Crippen molar-refractivity contribution in [2.24, 2.45) is 5.14 Å². The normalized spacial score (nSPS) is 11.6. The van der Waals surface area contributed by atoms with Crippen molar-refractivity contribution in [3.8, 4) is 0 Å². The van der Waals surface area contributed by atoms with E-state index >= 15 is 0 Å². The number of nitrogens with two attached hydrogens (primary N) is 1. The number of sulfonamides is 1. The van der Waals surface area contributed by atoms with Gasteiger partial charge in [-0.3, -0.25) is 0 Å². The van der Waals surface area contributed by atoms with Crippen LogP contribution in [0.5, 0.6) is 0 Å². The summed E-state index contributed by atoms with van der Waals surface area (Å²) in [7, 11) is -3.73. The van der Waals surface area contributed by atoms with Gasteiger partial charge in [-0.2, -0.15) is 4.98 Å². The van der Waals surface area contributed by atoms with Gasteiger partial charge in [-0.05, 0) is 55.0 Å². The topological polar surface area (TPSA) is 123 Å². The van der Waals surface area contributed by atoms with E-state index in [1.807, 2.05) is 25.1 Å². The van der Waals surface area contributed by atoms with Gasteiger partial charge >= 0.3 is 0 Å². The molecule has 2 aromatic carbocycles. The summed E-state index contributed by atoms with van der Waals surface area (Å²) >= 11 is 7.50. The minimum absolute atomic E-state index is 0.0431. The summed E-state index contributed by atoms with van der Waals surface area (Å²) in [6.07, 6.45) is 1.44. The molecule has 148 valence electrons.